The van der Waals surface area contributed by atoms with Crippen molar-refractivity contribution >= 4 is 17.8 Å². The van der Waals surface area contributed by atoms with Gasteiger partial charge in [-0.2, -0.15) is 0 Å². The van der Waals surface area contributed by atoms with Crippen LogP contribution >= 0.6 is 0 Å². The normalized spacial score (nSPS) is 20.3. The molecule has 2 amide bonds. The van der Waals surface area contributed by atoms with Gasteiger partial charge in [0.25, 0.3) is 0 Å². The fourth-order valence-electron chi connectivity index (χ4n) is 4.47. The summed E-state index contributed by atoms with van der Waals surface area (Å²) in [6, 6.07) is -0.814. The molecule has 1 rings (SSSR count). The predicted octanol–water partition coefficient (Wildman–Crippen LogP) is 3.77. The van der Waals surface area contributed by atoms with Gasteiger partial charge in [-0.15, -0.1) is 0 Å². The molecule has 7 heteroatoms. The summed E-state index contributed by atoms with van der Waals surface area (Å²) in [7, 11) is 1.75. The standard InChI is InChI=1S/C26H47N3O4/c1-10-19(7)23(27-24(30)21-14-12-13-15-29(21)18(5)6)25(31)28(9)22(17(3)4)16-20(8)26(32)33-11-2/h16-19,21-23H,10-15H2,1-9H3,(H,27,30)/t19-,21+,22+,23-/m0/s1. The van der Waals surface area contributed by atoms with Crippen LogP contribution in [0.5, 0.6) is 0 Å². The van der Waals surface area contributed by atoms with Gasteiger partial charge in [0.1, 0.15) is 6.04 Å². The Morgan fingerprint density at radius 1 is 1.12 bits per heavy atom. The predicted molar refractivity (Wildman–Crippen MR) is 133 cm³/mol. The molecular weight excluding hydrogens is 418 g/mol. The Balaban J connectivity index is 3.12. The molecule has 4 atom stereocenters. The maximum atomic E-state index is 13.7. The van der Waals surface area contributed by atoms with Gasteiger partial charge in [0.15, 0.2) is 0 Å². The topological polar surface area (TPSA) is 79.0 Å². The molecule has 1 saturated heterocycles. The lowest BCUT2D eigenvalue weighted by molar-refractivity contribution is -0.140. The minimum Gasteiger partial charge on any atom is -0.463 e. The quantitative estimate of drug-likeness (QED) is 0.371. The SMILES string of the molecule is CCOC(=O)C(C)=C[C@H](C(C)C)N(C)C(=O)[C@@H](NC(=O)[C@H]1CCCCN1C(C)C)[C@@H](C)CC. The molecule has 0 unspecified atom stereocenters. The highest BCUT2D eigenvalue weighted by Crippen LogP contribution is 2.22. The highest BCUT2D eigenvalue weighted by molar-refractivity contribution is 5.91. The van der Waals surface area contributed by atoms with E-state index in [1.807, 2.05) is 27.7 Å². The van der Waals surface area contributed by atoms with Crippen molar-refractivity contribution in [1.29, 1.82) is 0 Å². The van der Waals surface area contributed by atoms with Crippen molar-refractivity contribution in [3.05, 3.63) is 11.6 Å². The van der Waals surface area contributed by atoms with E-state index in [0.29, 0.717) is 12.2 Å². The van der Waals surface area contributed by atoms with Crippen LogP contribution in [0.2, 0.25) is 0 Å². The lowest BCUT2D eigenvalue weighted by Crippen LogP contribution is -2.59. The number of likely N-dealkylation sites (tertiary alicyclic amines) is 1. The van der Waals surface area contributed by atoms with Crippen molar-refractivity contribution < 1.29 is 19.1 Å². The Morgan fingerprint density at radius 2 is 1.76 bits per heavy atom. The van der Waals surface area contributed by atoms with Gasteiger partial charge in [0.2, 0.25) is 11.8 Å². The maximum Gasteiger partial charge on any atom is 0.333 e. The zero-order valence-electron chi connectivity index (χ0n) is 22.3. The van der Waals surface area contributed by atoms with E-state index in [9.17, 15) is 14.4 Å². The van der Waals surface area contributed by atoms with Gasteiger partial charge >= 0.3 is 5.97 Å². The summed E-state index contributed by atoms with van der Waals surface area (Å²) >= 11 is 0. The molecule has 0 aromatic heterocycles. The molecule has 190 valence electrons. The summed E-state index contributed by atoms with van der Waals surface area (Å²) in [5, 5.41) is 3.11. The number of likely N-dealkylation sites (N-methyl/N-ethyl adjacent to an activating group) is 1. The van der Waals surface area contributed by atoms with Gasteiger partial charge in [-0.3, -0.25) is 14.5 Å². The summed E-state index contributed by atoms with van der Waals surface area (Å²) in [5.74, 6) is -0.484. The van der Waals surface area contributed by atoms with Crippen LogP contribution < -0.4 is 5.32 Å². The Labute approximate surface area is 201 Å². The number of carbonyl (C=O) groups is 3. The van der Waals surface area contributed by atoms with Gasteiger partial charge in [-0.25, -0.2) is 4.79 Å². The number of ether oxygens (including phenoxy) is 1. The van der Waals surface area contributed by atoms with Crippen molar-refractivity contribution in [3.63, 3.8) is 0 Å². The van der Waals surface area contributed by atoms with Crippen molar-refractivity contribution in [3.8, 4) is 0 Å². The Morgan fingerprint density at radius 3 is 2.27 bits per heavy atom. The largest absolute Gasteiger partial charge is 0.463 e. The molecule has 0 saturated carbocycles. The van der Waals surface area contributed by atoms with Crippen molar-refractivity contribution in [1.82, 2.24) is 15.1 Å². The first-order valence-corrected chi connectivity index (χ1v) is 12.6. The number of esters is 1. The summed E-state index contributed by atoms with van der Waals surface area (Å²) in [4.78, 5) is 43.0. The van der Waals surface area contributed by atoms with Crippen molar-refractivity contribution in [2.24, 2.45) is 11.8 Å². The first-order valence-electron chi connectivity index (χ1n) is 12.6. The summed E-state index contributed by atoms with van der Waals surface area (Å²) < 4.78 is 5.10. The molecule has 33 heavy (non-hydrogen) atoms. The lowest BCUT2D eigenvalue weighted by atomic mass is 9.93. The highest BCUT2D eigenvalue weighted by Gasteiger charge is 2.36. The molecule has 0 aliphatic carbocycles. The molecule has 1 aliphatic heterocycles. The third-order valence-corrected chi connectivity index (χ3v) is 6.78. The van der Waals surface area contributed by atoms with E-state index < -0.39 is 6.04 Å². The molecule has 1 fully saturated rings. The fraction of sp³-hybridized carbons (Fsp3) is 0.808. The van der Waals surface area contributed by atoms with Gasteiger partial charge in [-0.1, -0.05) is 46.6 Å². The van der Waals surface area contributed by atoms with E-state index in [2.05, 4.69) is 24.1 Å². The van der Waals surface area contributed by atoms with Crippen LogP contribution in [0.1, 0.15) is 81.1 Å². The van der Waals surface area contributed by atoms with Crippen LogP contribution in [0.25, 0.3) is 0 Å². The van der Waals surface area contributed by atoms with Crippen LogP contribution in [-0.2, 0) is 19.1 Å². The summed E-state index contributed by atoms with van der Waals surface area (Å²) in [5.41, 5.74) is 0.481. The van der Waals surface area contributed by atoms with Gasteiger partial charge in [0.05, 0.1) is 18.7 Å². The number of hydrogen-bond donors (Lipinski definition) is 1. The molecule has 7 nitrogen and oxygen atoms in total. The van der Waals surface area contributed by atoms with E-state index in [0.717, 1.165) is 32.2 Å². The number of carbonyl (C=O) groups excluding carboxylic acids is 3. The second-order valence-corrected chi connectivity index (χ2v) is 9.97. The van der Waals surface area contributed by atoms with Crippen LogP contribution in [-0.4, -0.2) is 72.0 Å². The average molecular weight is 466 g/mol. The second-order valence-electron chi connectivity index (χ2n) is 9.97. The minimum atomic E-state index is -0.610. The minimum absolute atomic E-state index is 0.0112. The Hall–Kier alpha value is -1.89. The Kier molecular flexibility index (Phi) is 12.1. The van der Waals surface area contributed by atoms with Crippen molar-refractivity contribution in [2.75, 3.05) is 20.2 Å². The second kappa shape index (κ2) is 13.7. The van der Waals surface area contributed by atoms with Crippen LogP contribution in [0.3, 0.4) is 0 Å². The van der Waals surface area contributed by atoms with Gasteiger partial charge < -0.3 is 15.0 Å². The Bertz CT molecular complexity index is 689. The number of amides is 2. The molecule has 0 aromatic carbocycles. The summed E-state index contributed by atoms with van der Waals surface area (Å²) in [6.45, 7) is 17.0. The van der Waals surface area contributed by atoms with Gasteiger partial charge in [0, 0.05) is 18.7 Å². The number of nitrogens with zero attached hydrogens (tertiary/aromatic N) is 2. The zero-order chi connectivity index (χ0) is 25.3. The van der Waals surface area contributed by atoms with E-state index in [1.54, 1.807) is 31.9 Å². The first kappa shape index (κ1) is 29.1. The molecular formula is C26H47N3O4. The van der Waals surface area contributed by atoms with Crippen LogP contribution in [0.15, 0.2) is 11.6 Å². The van der Waals surface area contributed by atoms with E-state index in [4.69, 9.17) is 4.74 Å². The van der Waals surface area contributed by atoms with Gasteiger partial charge in [-0.05, 0) is 58.9 Å². The fourth-order valence-corrected chi connectivity index (χ4v) is 4.47. The first-order chi connectivity index (χ1) is 15.5. The van der Waals surface area contributed by atoms with E-state index >= 15 is 0 Å². The third-order valence-electron chi connectivity index (χ3n) is 6.78. The molecule has 0 aromatic rings. The monoisotopic (exact) mass is 465 g/mol. The van der Waals surface area contributed by atoms with Crippen LogP contribution in [0.4, 0.5) is 0 Å². The molecule has 1 heterocycles. The average Bonchev–Trinajstić information content (AvgIpc) is 2.78. The maximum absolute atomic E-state index is 13.7. The van der Waals surface area contributed by atoms with Crippen LogP contribution in [0, 0.1) is 11.8 Å². The molecule has 0 spiro atoms. The number of rotatable bonds is 11. The molecule has 0 bridgehead atoms. The molecule has 1 N–H and O–H groups in total. The van der Waals surface area contributed by atoms with E-state index in [1.165, 1.54) is 0 Å². The highest BCUT2D eigenvalue weighted by atomic mass is 16.5. The number of nitrogens with one attached hydrogen (secondary N) is 1. The third kappa shape index (κ3) is 8.13. The van der Waals surface area contributed by atoms with Crippen molar-refractivity contribution in [2.45, 2.75) is 105 Å². The number of piperidine rings is 1. The smallest absolute Gasteiger partial charge is 0.333 e. The molecule has 1 aliphatic rings. The summed E-state index contributed by atoms with van der Waals surface area (Å²) in [6.07, 6.45) is 5.51. The zero-order valence-corrected chi connectivity index (χ0v) is 22.3. The number of hydrogen-bond acceptors (Lipinski definition) is 5. The lowest BCUT2D eigenvalue weighted by Gasteiger charge is -2.39. The van der Waals surface area contributed by atoms with E-state index in [-0.39, 0.29) is 47.7 Å². The molecule has 0 radical (unpaired) electrons.